The van der Waals surface area contributed by atoms with Crippen molar-refractivity contribution in [3.8, 4) is 5.88 Å². The van der Waals surface area contributed by atoms with Crippen molar-refractivity contribution in [2.45, 2.75) is 6.61 Å². The minimum Gasteiger partial charge on any atom is -0.471 e. The summed E-state index contributed by atoms with van der Waals surface area (Å²) in [4.78, 5) is 4.17. The number of nitrogens with two attached hydrogens (primary N) is 1. The van der Waals surface area contributed by atoms with Crippen LogP contribution in [0.4, 0.5) is 11.4 Å². The van der Waals surface area contributed by atoms with Crippen LogP contribution in [0.1, 0.15) is 5.56 Å². The first-order valence-electron chi connectivity index (χ1n) is 5.39. The second-order valence-electron chi connectivity index (χ2n) is 3.64. The van der Waals surface area contributed by atoms with E-state index < -0.39 is 0 Å². The molecule has 0 saturated carbocycles. The summed E-state index contributed by atoms with van der Waals surface area (Å²) in [6.45, 7) is 0.455. The van der Waals surface area contributed by atoms with E-state index >= 15 is 0 Å². The van der Waals surface area contributed by atoms with Crippen LogP contribution < -0.4 is 15.8 Å². The van der Waals surface area contributed by atoms with Gasteiger partial charge in [-0.1, -0.05) is 12.1 Å². The second-order valence-corrected chi connectivity index (χ2v) is 3.64. The van der Waals surface area contributed by atoms with E-state index in [-0.39, 0.29) is 0 Å². The maximum Gasteiger partial charge on any atom is 0.237 e. The molecule has 1 aromatic carbocycles. The highest BCUT2D eigenvalue weighted by atomic mass is 16.5. The van der Waals surface area contributed by atoms with E-state index in [1.165, 1.54) is 0 Å². The molecule has 0 bridgehead atoms. The number of nitrogen functional groups attached to an aromatic ring is 1. The molecule has 0 aliphatic heterocycles. The standard InChI is InChI=1S/C13H15N3O/c1-15-12-6-3-7-16-13(12)17-9-10-4-2-5-11(14)8-10/h2-8,15H,9,14H2,1H3. The number of pyridine rings is 1. The van der Waals surface area contributed by atoms with Gasteiger partial charge in [0, 0.05) is 18.9 Å². The molecule has 0 unspecified atom stereocenters. The average molecular weight is 229 g/mol. The maximum absolute atomic E-state index is 5.70. The molecule has 0 atom stereocenters. The van der Waals surface area contributed by atoms with E-state index in [9.17, 15) is 0 Å². The van der Waals surface area contributed by atoms with Gasteiger partial charge in [0.2, 0.25) is 5.88 Å². The Labute approximate surface area is 100 Å². The number of hydrogen-bond acceptors (Lipinski definition) is 4. The van der Waals surface area contributed by atoms with Crippen LogP contribution in [0.2, 0.25) is 0 Å². The Balaban J connectivity index is 2.07. The summed E-state index contributed by atoms with van der Waals surface area (Å²) in [7, 11) is 1.84. The third-order valence-corrected chi connectivity index (χ3v) is 2.37. The summed E-state index contributed by atoms with van der Waals surface area (Å²) in [6.07, 6.45) is 1.70. The number of anilines is 2. The van der Waals surface area contributed by atoms with Crippen molar-refractivity contribution in [1.29, 1.82) is 0 Å². The predicted molar refractivity (Wildman–Crippen MR) is 69.0 cm³/mol. The normalized spacial score (nSPS) is 9.94. The largest absolute Gasteiger partial charge is 0.471 e. The zero-order chi connectivity index (χ0) is 12.1. The highest BCUT2D eigenvalue weighted by molar-refractivity contribution is 5.51. The molecule has 2 rings (SSSR count). The zero-order valence-electron chi connectivity index (χ0n) is 9.68. The van der Waals surface area contributed by atoms with Crippen LogP contribution in [0.25, 0.3) is 0 Å². The molecule has 0 saturated heterocycles. The quantitative estimate of drug-likeness (QED) is 0.790. The lowest BCUT2D eigenvalue weighted by molar-refractivity contribution is 0.295. The molecular formula is C13H15N3O. The van der Waals surface area contributed by atoms with E-state index in [2.05, 4.69) is 10.3 Å². The Morgan fingerprint density at radius 1 is 1.29 bits per heavy atom. The Morgan fingerprint density at radius 3 is 2.94 bits per heavy atom. The molecular weight excluding hydrogens is 214 g/mol. The van der Waals surface area contributed by atoms with Crippen molar-refractivity contribution >= 4 is 11.4 Å². The van der Waals surface area contributed by atoms with Crippen LogP contribution in [-0.4, -0.2) is 12.0 Å². The van der Waals surface area contributed by atoms with Crippen molar-refractivity contribution in [2.75, 3.05) is 18.1 Å². The summed E-state index contributed by atoms with van der Waals surface area (Å²) in [5.41, 5.74) is 8.33. The van der Waals surface area contributed by atoms with Gasteiger partial charge in [0.15, 0.2) is 0 Å². The van der Waals surface area contributed by atoms with Crippen LogP contribution in [0.15, 0.2) is 42.6 Å². The van der Waals surface area contributed by atoms with Gasteiger partial charge in [-0.15, -0.1) is 0 Å². The number of nitrogens with one attached hydrogen (secondary N) is 1. The van der Waals surface area contributed by atoms with E-state index in [0.717, 1.165) is 16.9 Å². The highest BCUT2D eigenvalue weighted by Crippen LogP contribution is 2.21. The van der Waals surface area contributed by atoms with Gasteiger partial charge in [-0.3, -0.25) is 0 Å². The van der Waals surface area contributed by atoms with Gasteiger partial charge in [-0.2, -0.15) is 0 Å². The summed E-state index contributed by atoms with van der Waals surface area (Å²) < 4.78 is 5.64. The van der Waals surface area contributed by atoms with Gasteiger partial charge in [0.25, 0.3) is 0 Å². The van der Waals surface area contributed by atoms with Crippen molar-refractivity contribution in [3.05, 3.63) is 48.2 Å². The Morgan fingerprint density at radius 2 is 2.18 bits per heavy atom. The number of benzene rings is 1. The summed E-state index contributed by atoms with van der Waals surface area (Å²) in [5.74, 6) is 0.595. The van der Waals surface area contributed by atoms with Crippen molar-refractivity contribution in [2.24, 2.45) is 0 Å². The minimum absolute atomic E-state index is 0.455. The van der Waals surface area contributed by atoms with Gasteiger partial charge in [-0.05, 0) is 29.8 Å². The SMILES string of the molecule is CNc1cccnc1OCc1cccc(N)c1. The number of nitrogens with zero attached hydrogens (tertiary/aromatic N) is 1. The maximum atomic E-state index is 5.70. The fraction of sp³-hybridized carbons (Fsp3) is 0.154. The van der Waals surface area contributed by atoms with E-state index in [1.54, 1.807) is 6.20 Å². The lowest BCUT2D eigenvalue weighted by Gasteiger charge is -2.09. The van der Waals surface area contributed by atoms with Crippen LogP contribution in [0.5, 0.6) is 5.88 Å². The predicted octanol–water partition coefficient (Wildman–Crippen LogP) is 2.28. The summed E-state index contributed by atoms with van der Waals surface area (Å²) in [6, 6.07) is 11.4. The van der Waals surface area contributed by atoms with Gasteiger partial charge >= 0.3 is 0 Å². The average Bonchev–Trinajstić information content (AvgIpc) is 2.37. The number of rotatable bonds is 4. The smallest absolute Gasteiger partial charge is 0.237 e. The molecule has 3 N–H and O–H groups in total. The molecule has 0 aliphatic carbocycles. The molecule has 0 fully saturated rings. The molecule has 4 heteroatoms. The van der Waals surface area contributed by atoms with Crippen LogP contribution in [-0.2, 0) is 6.61 Å². The van der Waals surface area contributed by atoms with Gasteiger partial charge in [0.05, 0.1) is 5.69 Å². The Hall–Kier alpha value is -2.23. The second kappa shape index (κ2) is 5.21. The monoisotopic (exact) mass is 229 g/mol. The van der Waals surface area contributed by atoms with Crippen molar-refractivity contribution in [1.82, 2.24) is 4.98 Å². The third kappa shape index (κ3) is 2.87. The fourth-order valence-electron chi connectivity index (χ4n) is 1.53. The Bertz CT molecular complexity index is 500. The number of aromatic nitrogens is 1. The van der Waals surface area contributed by atoms with Gasteiger partial charge in [-0.25, -0.2) is 4.98 Å². The highest BCUT2D eigenvalue weighted by Gasteiger charge is 2.02. The number of ether oxygens (including phenoxy) is 1. The van der Waals surface area contributed by atoms with Crippen molar-refractivity contribution < 1.29 is 4.74 Å². The van der Waals surface area contributed by atoms with Crippen LogP contribution in [0, 0.1) is 0 Å². The van der Waals surface area contributed by atoms with Gasteiger partial charge < -0.3 is 15.8 Å². The molecule has 17 heavy (non-hydrogen) atoms. The lowest BCUT2D eigenvalue weighted by Crippen LogP contribution is -2.01. The Kier molecular flexibility index (Phi) is 3.45. The van der Waals surface area contributed by atoms with E-state index in [4.69, 9.17) is 10.5 Å². The summed E-state index contributed by atoms with van der Waals surface area (Å²) in [5, 5.41) is 3.03. The third-order valence-electron chi connectivity index (χ3n) is 2.37. The molecule has 0 amide bonds. The fourth-order valence-corrected chi connectivity index (χ4v) is 1.53. The summed E-state index contributed by atoms with van der Waals surface area (Å²) >= 11 is 0. The topological polar surface area (TPSA) is 60.2 Å². The molecule has 0 aliphatic rings. The number of hydrogen-bond donors (Lipinski definition) is 2. The van der Waals surface area contributed by atoms with Crippen molar-refractivity contribution in [3.63, 3.8) is 0 Å². The van der Waals surface area contributed by atoms with Gasteiger partial charge in [0.1, 0.15) is 6.61 Å². The molecule has 1 heterocycles. The molecule has 1 aromatic heterocycles. The molecule has 0 radical (unpaired) electrons. The molecule has 2 aromatic rings. The molecule has 4 nitrogen and oxygen atoms in total. The minimum atomic E-state index is 0.455. The lowest BCUT2D eigenvalue weighted by atomic mass is 10.2. The first kappa shape index (κ1) is 11.3. The first-order valence-corrected chi connectivity index (χ1v) is 5.39. The van der Waals surface area contributed by atoms with E-state index in [1.807, 2.05) is 43.4 Å². The van der Waals surface area contributed by atoms with Crippen LogP contribution >= 0.6 is 0 Å². The molecule has 88 valence electrons. The first-order chi connectivity index (χ1) is 8.29. The molecule has 0 spiro atoms. The zero-order valence-corrected chi connectivity index (χ0v) is 9.68. The van der Waals surface area contributed by atoms with E-state index in [0.29, 0.717) is 12.5 Å². The van der Waals surface area contributed by atoms with Crippen LogP contribution in [0.3, 0.4) is 0 Å².